The molecule has 1 aliphatic rings. The summed E-state index contributed by atoms with van der Waals surface area (Å²) >= 11 is 0. The lowest BCUT2D eigenvalue weighted by atomic mass is 10.1. The first-order valence-corrected chi connectivity index (χ1v) is 6.38. The zero-order valence-corrected chi connectivity index (χ0v) is 11.5. The van der Waals surface area contributed by atoms with Gasteiger partial charge in [0.05, 0.1) is 17.8 Å². The SMILES string of the molecule is Cn1cnc(C(=O)N2CCOc3c2cccc3C(F)(F)F)n1. The second-order valence-electron chi connectivity index (χ2n) is 4.70. The van der Waals surface area contributed by atoms with Crippen molar-refractivity contribution < 1.29 is 22.7 Å². The van der Waals surface area contributed by atoms with E-state index in [1.54, 1.807) is 7.05 Å². The fraction of sp³-hybridized carbons (Fsp3) is 0.308. The maximum absolute atomic E-state index is 13.0. The van der Waals surface area contributed by atoms with Gasteiger partial charge in [0, 0.05) is 7.05 Å². The number of ether oxygens (including phenoxy) is 1. The maximum Gasteiger partial charge on any atom is 0.420 e. The molecule has 0 bridgehead atoms. The number of amides is 1. The quantitative estimate of drug-likeness (QED) is 0.806. The van der Waals surface area contributed by atoms with Gasteiger partial charge in [-0.05, 0) is 12.1 Å². The number of aromatic nitrogens is 3. The van der Waals surface area contributed by atoms with Crippen molar-refractivity contribution in [2.24, 2.45) is 7.05 Å². The van der Waals surface area contributed by atoms with Gasteiger partial charge in [0.1, 0.15) is 12.9 Å². The molecule has 0 N–H and O–H groups in total. The molecule has 1 aromatic heterocycles. The van der Waals surface area contributed by atoms with Crippen LogP contribution in [0.5, 0.6) is 5.75 Å². The number of carbonyl (C=O) groups is 1. The van der Waals surface area contributed by atoms with E-state index in [1.807, 2.05) is 0 Å². The van der Waals surface area contributed by atoms with Crippen LogP contribution in [-0.2, 0) is 13.2 Å². The third kappa shape index (κ3) is 2.38. The molecule has 1 aliphatic heterocycles. The smallest absolute Gasteiger partial charge is 0.420 e. The van der Waals surface area contributed by atoms with Crippen LogP contribution in [0.25, 0.3) is 0 Å². The van der Waals surface area contributed by atoms with Crippen LogP contribution in [0.15, 0.2) is 24.5 Å². The molecule has 0 unspecified atom stereocenters. The Kier molecular flexibility index (Phi) is 3.27. The number of aryl methyl sites for hydroxylation is 1. The highest BCUT2D eigenvalue weighted by molar-refractivity contribution is 6.04. The number of fused-ring (bicyclic) bond motifs is 1. The van der Waals surface area contributed by atoms with Crippen LogP contribution in [-0.4, -0.2) is 33.8 Å². The minimum atomic E-state index is -4.55. The summed E-state index contributed by atoms with van der Waals surface area (Å²) < 4.78 is 45.5. The number of carbonyl (C=O) groups excluding carboxylic acids is 1. The van der Waals surface area contributed by atoms with Gasteiger partial charge in [-0.2, -0.15) is 13.2 Å². The van der Waals surface area contributed by atoms with E-state index < -0.39 is 17.6 Å². The van der Waals surface area contributed by atoms with Gasteiger partial charge < -0.3 is 4.74 Å². The van der Waals surface area contributed by atoms with Crippen LogP contribution in [0, 0.1) is 0 Å². The van der Waals surface area contributed by atoms with Crippen molar-refractivity contribution in [2.45, 2.75) is 6.18 Å². The zero-order valence-electron chi connectivity index (χ0n) is 11.5. The number of hydrogen-bond acceptors (Lipinski definition) is 4. The summed E-state index contributed by atoms with van der Waals surface area (Å²) in [6.07, 6.45) is -3.21. The fourth-order valence-corrected chi connectivity index (χ4v) is 2.24. The van der Waals surface area contributed by atoms with Gasteiger partial charge in [-0.1, -0.05) is 6.07 Å². The largest absolute Gasteiger partial charge is 0.489 e. The number of benzene rings is 1. The Morgan fingerprint density at radius 3 is 2.77 bits per heavy atom. The number of rotatable bonds is 1. The van der Waals surface area contributed by atoms with Crippen LogP contribution in [0.4, 0.5) is 18.9 Å². The monoisotopic (exact) mass is 312 g/mol. The first-order chi connectivity index (χ1) is 10.4. The Hall–Kier alpha value is -2.58. The third-order valence-corrected chi connectivity index (χ3v) is 3.19. The Morgan fingerprint density at radius 1 is 1.36 bits per heavy atom. The summed E-state index contributed by atoms with van der Waals surface area (Å²) in [7, 11) is 1.60. The normalized spacial score (nSPS) is 14.5. The molecule has 0 aliphatic carbocycles. The summed E-state index contributed by atoms with van der Waals surface area (Å²) in [5.74, 6) is -0.984. The number of para-hydroxylation sites is 1. The summed E-state index contributed by atoms with van der Waals surface area (Å²) in [6, 6.07) is 3.57. The summed E-state index contributed by atoms with van der Waals surface area (Å²) in [5, 5.41) is 3.88. The molecule has 0 saturated heterocycles. The van der Waals surface area contributed by atoms with Crippen LogP contribution in [0.3, 0.4) is 0 Å². The molecule has 1 amide bonds. The maximum atomic E-state index is 13.0. The lowest BCUT2D eigenvalue weighted by Gasteiger charge is -2.30. The lowest BCUT2D eigenvalue weighted by Crippen LogP contribution is -2.39. The van der Waals surface area contributed by atoms with E-state index >= 15 is 0 Å². The molecule has 0 saturated carbocycles. The second kappa shape index (κ2) is 5.00. The minimum Gasteiger partial charge on any atom is -0.489 e. The molecule has 2 aromatic rings. The van der Waals surface area contributed by atoms with Gasteiger partial charge in [0.2, 0.25) is 5.82 Å². The number of hydrogen-bond donors (Lipinski definition) is 0. The Balaban J connectivity index is 2.04. The molecule has 3 rings (SSSR count). The molecule has 6 nitrogen and oxygen atoms in total. The minimum absolute atomic E-state index is 0.0291. The van der Waals surface area contributed by atoms with Crippen molar-refractivity contribution in [1.29, 1.82) is 0 Å². The van der Waals surface area contributed by atoms with Crippen molar-refractivity contribution in [3.8, 4) is 5.75 Å². The molecular formula is C13H11F3N4O2. The third-order valence-electron chi connectivity index (χ3n) is 3.19. The molecule has 2 heterocycles. The zero-order chi connectivity index (χ0) is 15.9. The van der Waals surface area contributed by atoms with Crippen molar-refractivity contribution in [2.75, 3.05) is 18.1 Å². The topological polar surface area (TPSA) is 60.2 Å². The average molecular weight is 312 g/mol. The van der Waals surface area contributed by atoms with E-state index in [9.17, 15) is 18.0 Å². The molecule has 1 aromatic carbocycles. The molecule has 0 radical (unpaired) electrons. The molecule has 0 fully saturated rings. The van der Waals surface area contributed by atoms with Gasteiger partial charge in [-0.3, -0.25) is 14.4 Å². The lowest BCUT2D eigenvalue weighted by molar-refractivity contribution is -0.139. The molecule has 22 heavy (non-hydrogen) atoms. The van der Waals surface area contributed by atoms with E-state index in [1.165, 1.54) is 28.0 Å². The Bertz CT molecular complexity index is 726. The highest BCUT2D eigenvalue weighted by Crippen LogP contribution is 2.43. The van der Waals surface area contributed by atoms with Gasteiger partial charge in [0.15, 0.2) is 5.75 Å². The van der Waals surface area contributed by atoms with Crippen LogP contribution < -0.4 is 9.64 Å². The number of nitrogens with zero attached hydrogens (tertiary/aromatic N) is 4. The van der Waals surface area contributed by atoms with E-state index in [-0.39, 0.29) is 30.4 Å². The summed E-state index contributed by atoms with van der Waals surface area (Å²) in [5.41, 5.74) is -0.838. The molecule has 9 heteroatoms. The van der Waals surface area contributed by atoms with Crippen molar-refractivity contribution in [3.05, 3.63) is 35.9 Å². The van der Waals surface area contributed by atoms with Crippen molar-refractivity contribution in [3.63, 3.8) is 0 Å². The first kappa shape index (κ1) is 14.4. The van der Waals surface area contributed by atoms with Gasteiger partial charge in [0.25, 0.3) is 5.91 Å². The van der Waals surface area contributed by atoms with E-state index in [0.29, 0.717) is 0 Å². The van der Waals surface area contributed by atoms with E-state index in [2.05, 4.69) is 10.1 Å². The number of alkyl halides is 3. The van der Waals surface area contributed by atoms with Crippen LogP contribution in [0.1, 0.15) is 16.2 Å². The predicted molar refractivity (Wildman–Crippen MR) is 69.6 cm³/mol. The van der Waals surface area contributed by atoms with Gasteiger partial charge in [-0.15, -0.1) is 5.10 Å². The van der Waals surface area contributed by atoms with Gasteiger partial charge in [-0.25, -0.2) is 4.98 Å². The Morgan fingerprint density at radius 2 is 2.14 bits per heavy atom. The van der Waals surface area contributed by atoms with E-state index in [0.717, 1.165) is 6.07 Å². The number of halogens is 3. The fourth-order valence-electron chi connectivity index (χ4n) is 2.24. The van der Waals surface area contributed by atoms with E-state index in [4.69, 9.17) is 4.74 Å². The molecule has 0 spiro atoms. The van der Waals surface area contributed by atoms with Crippen LogP contribution >= 0.6 is 0 Å². The second-order valence-corrected chi connectivity index (χ2v) is 4.70. The number of anilines is 1. The summed E-state index contributed by atoms with van der Waals surface area (Å²) in [6.45, 7) is 0.101. The van der Waals surface area contributed by atoms with Crippen molar-refractivity contribution in [1.82, 2.24) is 14.8 Å². The predicted octanol–water partition coefficient (Wildman–Crippen LogP) is 1.87. The highest BCUT2D eigenvalue weighted by Gasteiger charge is 2.38. The highest BCUT2D eigenvalue weighted by atomic mass is 19.4. The standard InChI is InChI=1S/C13H11F3N4O2/c1-19-7-17-11(18-19)12(21)20-5-6-22-10-8(13(14,15)16)3-2-4-9(10)20/h2-4,7H,5-6H2,1H3. The first-order valence-electron chi connectivity index (χ1n) is 6.38. The Labute approximate surface area is 123 Å². The molecular weight excluding hydrogens is 301 g/mol. The summed E-state index contributed by atoms with van der Waals surface area (Å²) in [4.78, 5) is 17.4. The van der Waals surface area contributed by atoms with Crippen LogP contribution in [0.2, 0.25) is 0 Å². The van der Waals surface area contributed by atoms with Crippen molar-refractivity contribution >= 4 is 11.6 Å². The van der Waals surface area contributed by atoms with Gasteiger partial charge >= 0.3 is 6.18 Å². The average Bonchev–Trinajstić information content (AvgIpc) is 2.91. The molecule has 0 atom stereocenters. The molecule has 116 valence electrons.